The van der Waals surface area contributed by atoms with Gasteiger partial charge in [-0.2, -0.15) is 0 Å². The molecule has 37 heavy (non-hydrogen) atoms. The maximum Gasteiger partial charge on any atom is 0.243 e. The first-order valence-corrected chi connectivity index (χ1v) is 12.8. The van der Waals surface area contributed by atoms with Crippen molar-refractivity contribution in [3.05, 3.63) is 48.5 Å². The zero-order chi connectivity index (χ0) is 26.6. The van der Waals surface area contributed by atoms with Crippen LogP contribution in [0.15, 0.2) is 48.5 Å². The molecule has 2 N–H and O–H groups in total. The van der Waals surface area contributed by atoms with E-state index in [4.69, 9.17) is 4.74 Å². The van der Waals surface area contributed by atoms with Gasteiger partial charge in [-0.3, -0.25) is 19.2 Å². The van der Waals surface area contributed by atoms with Crippen molar-refractivity contribution < 1.29 is 23.9 Å². The Morgan fingerprint density at radius 2 is 0.973 bits per heavy atom. The summed E-state index contributed by atoms with van der Waals surface area (Å²) in [5, 5.41) is 5.66. The number of rotatable bonds is 0. The van der Waals surface area contributed by atoms with E-state index in [1.165, 1.54) is 13.8 Å². The number of hydrogen-bond donors (Lipinski definition) is 2. The fourth-order valence-corrected chi connectivity index (χ4v) is 4.10. The van der Waals surface area contributed by atoms with Gasteiger partial charge in [0, 0.05) is 38.3 Å². The van der Waals surface area contributed by atoms with Crippen LogP contribution < -0.4 is 15.4 Å². The van der Waals surface area contributed by atoms with Crippen LogP contribution in [-0.2, 0) is 19.2 Å². The van der Waals surface area contributed by atoms with Crippen LogP contribution in [0, 0.1) is 0 Å². The number of nitrogens with one attached hydrogen (secondary N) is 2. The second-order valence-corrected chi connectivity index (χ2v) is 9.25. The lowest BCUT2D eigenvalue weighted by Crippen LogP contribution is -2.37. The molecule has 5 rings (SSSR count). The van der Waals surface area contributed by atoms with Gasteiger partial charge in [0.2, 0.25) is 23.6 Å². The number of amides is 4. The van der Waals surface area contributed by atoms with Gasteiger partial charge in [-0.1, -0.05) is 25.7 Å². The fourth-order valence-electron chi connectivity index (χ4n) is 4.10. The van der Waals surface area contributed by atoms with Crippen molar-refractivity contribution in [1.82, 2.24) is 9.80 Å². The topological polar surface area (TPSA) is 108 Å². The lowest BCUT2D eigenvalue weighted by molar-refractivity contribution is -0.133. The largest absolute Gasteiger partial charge is 0.457 e. The van der Waals surface area contributed by atoms with Crippen LogP contribution in [0.5, 0.6) is 11.5 Å². The number of carbonyl (C=O) groups is 4. The summed E-state index contributed by atoms with van der Waals surface area (Å²) in [5.41, 5.74) is 1.23. The standard InChI is InChI=1S/C28H36N4O5/c1-21(33)31-17-7-5-3-4-6-8-18-32(22(2)34)20-28(36)30-24-11-15-26(16-12-24)37-25-13-9-23(10-14-25)29-27(35)19-31/h9-16H,3-8,17-20H2,1-2H3,(H,29,35)(H,30,36). The summed E-state index contributed by atoms with van der Waals surface area (Å²) in [7, 11) is 0. The summed E-state index contributed by atoms with van der Waals surface area (Å²) >= 11 is 0. The summed E-state index contributed by atoms with van der Waals surface area (Å²) in [5.74, 6) is 0.418. The minimum absolute atomic E-state index is 0.00751. The van der Waals surface area contributed by atoms with Gasteiger partial charge in [-0.15, -0.1) is 0 Å². The molecule has 0 saturated heterocycles. The van der Waals surface area contributed by atoms with E-state index in [0.29, 0.717) is 36.0 Å². The van der Waals surface area contributed by atoms with E-state index < -0.39 is 0 Å². The smallest absolute Gasteiger partial charge is 0.243 e. The maximum absolute atomic E-state index is 12.5. The van der Waals surface area contributed by atoms with Crippen molar-refractivity contribution in [2.45, 2.75) is 52.4 Å². The zero-order valence-electron chi connectivity index (χ0n) is 21.6. The monoisotopic (exact) mass is 508 g/mol. The SMILES string of the molecule is CC(=O)N1CCCCCCCCN(C(C)=O)CC(=O)Nc2ccc(cc2)Oc2ccc(cc2)NC(=O)C1. The number of benzene rings is 2. The Bertz CT molecular complexity index is 983. The summed E-state index contributed by atoms with van der Waals surface area (Å²) in [6, 6.07) is 13.9. The molecule has 0 aliphatic carbocycles. The van der Waals surface area contributed by atoms with Gasteiger partial charge >= 0.3 is 0 Å². The molecule has 2 aromatic rings. The highest BCUT2D eigenvalue weighted by Gasteiger charge is 2.15. The summed E-state index contributed by atoms with van der Waals surface area (Å²) in [4.78, 5) is 52.2. The summed E-state index contributed by atoms with van der Waals surface area (Å²) in [6.07, 6.45) is 5.54. The summed E-state index contributed by atoms with van der Waals surface area (Å²) < 4.78 is 5.85. The van der Waals surface area contributed by atoms with Gasteiger partial charge < -0.3 is 25.2 Å². The minimum atomic E-state index is -0.248. The second kappa shape index (κ2) is 14.0. The Kier molecular flexibility index (Phi) is 10.5. The van der Waals surface area contributed by atoms with Gasteiger partial charge in [-0.05, 0) is 61.4 Å². The Morgan fingerprint density at radius 1 is 0.622 bits per heavy atom. The lowest BCUT2D eigenvalue weighted by Gasteiger charge is -2.21. The van der Waals surface area contributed by atoms with Crippen molar-refractivity contribution in [1.29, 1.82) is 0 Å². The number of fused-ring (bicyclic) bond motifs is 2. The Labute approximate surface area is 218 Å². The number of carbonyl (C=O) groups excluding carboxylic acids is 4. The Balaban J connectivity index is 1.69. The molecule has 2 aromatic carbocycles. The molecule has 0 fully saturated rings. The molecule has 0 unspecified atom stereocenters. The van der Waals surface area contributed by atoms with Crippen molar-refractivity contribution in [2.24, 2.45) is 0 Å². The van der Waals surface area contributed by atoms with Gasteiger partial charge in [0.25, 0.3) is 0 Å². The lowest BCUT2D eigenvalue weighted by atomic mass is 10.1. The molecule has 4 amide bonds. The van der Waals surface area contributed by atoms with Gasteiger partial charge in [0.05, 0.1) is 13.1 Å². The maximum atomic E-state index is 12.5. The number of ether oxygens (including phenoxy) is 1. The van der Waals surface area contributed by atoms with E-state index in [-0.39, 0.29) is 36.7 Å². The summed E-state index contributed by atoms with van der Waals surface area (Å²) in [6.45, 7) is 4.03. The van der Waals surface area contributed by atoms with E-state index in [1.807, 2.05) is 0 Å². The molecular formula is C28H36N4O5. The highest BCUT2D eigenvalue weighted by molar-refractivity contribution is 5.95. The second-order valence-electron chi connectivity index (χ2n) is 9.25. The molecule has 0 saturated carbocycles. The van der Waals surface area contributed by atoms with Crippen LogP contribution in [0.2, 0.25) is 0 Å². The van der Waals surface area contributed by atoms with Crippen molar-refractivity contribution >= 4 is 35.0 Å². The van der Waals surface area contributed by atoms with Gasteiger partial charge in [0.1, 0.15) is 11.5 Å². The van der Waals surface area contributed by atoms with Gasteiger partial charge in [0.15, 0.2) is 0 Å². The predicted molar refractivity (Wildman–Crippen MR) is 142 cm³/mol. The predicted octanol–water partition coefficient (Wildman–Crippen LogP) is 4.41. The molecule has 4 bridgehead atoms. The molecule has 9 nitrogen and oxygen atoms in total. The third kappa shape index (κ3) is 9.59. The first-order valence-electron chi connectivity index (χ1n) is 12.8. The highest BCUT2D eigenvalue weighted by atomic mass is 16.5. The number of hydrogen-bond acceptors (Lipinski definition) is 5. The molecule has 3 aliphatic heterocycles. The van der Waals surface area contributed by atoms with E-state index in [0.717, 1.165) is 38.5 Å². The molecule has 198 valence electrons. The minimum Gasteiger partial charge on any atom is -0.457 e. The Hall–Kier alpha value is -3.88. The first-order chi connectivity index (χ1) is 17.8. The third-order valence-electron chi connectivity index (χ3n) is 6.18. The van der Waals surface area contributed by atoms with E-state index in [1.54, 1.807) is 58.3 Å². The average molecular weight is 509 g/mol. The molecule has 3 aliphatic rings. The van der Waals surface area contributed by atoms with Crippen molar-refractivity contribution in [3.63, 3.8) is 0 Å². The van der Waals surface area contributed by atoms with Crippen molar-refractivity contribution in [3.8, 4) is 11.5 Å². The average Bonchev–Trinajstić information content (AvgIpc) is 2.85. The molecule has 0 radical (unpaired) electrons. The molecule has 0 spiro atoms. The number of anilines is 2. The molecule has 0 aromatic heterocycles. The van der Waals surface area contributed by atoms with Crippen LogP contribution in [0.25, 0.3) is 0 Å². The molecule has 3 heterocycles. The first kappa shape index (κ1) is 27.7. The van der Waals surface area contributed by atoms with Crippen LogP contribution in [0.4, 0.5) is 11.4 Å². The van der Waals surface area contributed by atoms with Crippen LogP contribution in [0.3, 0.4) is 0 Å². The Morgan fingerprint density at radius 3 is 1.32 bits per heavy atom. The van der Waals surface area contributed by atoms with Gasteiger partial charge in [-0.25, -0.2) is 0 Å². The van der Waals surface area contributed by atoms with Crippen LogP contribution in [0.1, 0.15) is 52.4 Å². The van der Waals surface area contributed by atoms with E-state index in [2.05, 4.69) is 10.6 Å². The third-order valence-corrected chi connectivity index (χ3v) is 6.18. The normalized spacial score (nSPS) is 16.7. The molecular weight excluding hydrogens is 472 g/mol. The quantitative estimate of drug-likeness (QED) is 0.548. The van der Waals surface area contributed by atoms with Crippen molar-refractivity contribution in [2.75, 3.05) is 36.8 Å². The van der Waals surface area contributed by atoms with E-state index in [9.17, 15) is 19.2 Å². The van der Waals surface area contributed by atoms with Crippen LogP contribution in [-0.4, -0.2) is 59.6 Å². The fraction of sp³-hybridized carbons (Fsp3) is 0.429. The van der Waals surface area contributed by atoms with E-state index >= 15 is 0 Å². The molecule has 0 atom stereocenters. The zero-order valence-corrected chi connectivity index (χ0v) is 21.6. The molecule has 9 heteroatoms. The highest BCUT2D eigenvalue weighted by Crippen LogP contribution is 2.24. The van der Waals surface area contributed by atoms with Crippen LogP contribution >= 0.6 is 0 Å². The number of nitrogens with zero attached hydrogens (tertiary/aromatic N) is 2.